The second kappa shape index (κ2) is 6.17. The van der Waals surface area contributed by atoms with E-state index in [9.17, 15) is 4.79 Å². The minimum Gasteiger partial charge on any atom is -0.473 e. The Morgan fingerprint density at radius 3 is 2.64 bits per heavy atom. The highest BCUT2D eigenvalue weighted by atomic mass is 16.5. The van der Waals surface area contributed by atoms with E-state index in [1.54, 1.807) is 25.1 Å². The van der Waals surface area contributed by atoms with E-state index >= 15 is 0 Å². The molecule has 6 heteroatoms. The second-order valence-corrected chi connectivity index (χ2v) is 4.59. The monoisotopic (exact) mass is 295 g/mol. The van der Waals surface area contributed by atoms with Gasteiger partial charge in [-0.25, -0.2) is 4.98 Å². The molecule has 0 aliphatic rings. The van der Waals surface area contributed by atoms with Crippen molar-refractivity contribution in [2.45, 2.75) is 13.5 Å². The molecule has 22 heavy (non-hydrogen) atoms. The molecule has 2 heterocycles. The van der Waals surface area contributed by atoms with Crippen molar-refractivity contribution in [1.82, 2.24) is 15.2 Å². The number of hydrogen-bond acceptors (Lipinski definition) is 6. The quantitative estimate of drug-likeness (QED) is 0.673. The molecule has 0 atom stereocenters. The second-order valence-electron chi connectivity index (χ2n) is 4.59. The lowest BCUT2D eigenvalue weighted by molar-refractivity contribution is 0.0995. The van der Waals surface area contributed by atoms with E-state index in [0.29, 0.717) is 18.4 Å². The zero-order chi connectivity index (χ0) is 15.4. The van der Waals surface area contributed by atoms with E-state index < -0.39 is 5.78 Å². The third-order valence-electron chi connectivity index (χ3n) is 2.91. The van der Waals surface area contributed by atoms with Crippen LogP contribution in [0.5, 0.6) is 5.88 Å². The first-order valence-corrected chi connectivity index (χ1v) is 6.71. The van der Waals surface area contributed by atoms with Crippen molar-refractivity contribution in [3.8, 4) is 5.88 Å². The molecule has 1 aromatic carbocycles. The van der Waals surface area contributed by atoms with Crippen LogP contribution in [0.2, 0.25) is 0 Å². The van der Waals surface area contributed by atoms with Gasteiger partial charge in [-0.3, -0.25) is 4.79 Å². The van der Waals surface area contributed by atoms with Crippen LogP contribution in [-0.2, 0) is 6.61 Å². The van der Waals surface area contributed by atoms with Gasteiger partial charge in [-0.2, -0.15) is 0 Å². The zero-order valence-corrected chi connectivity index (χ0v) is 11.9. The van der Waals surface area contributed by atoms with Crippen molar-refractivity contribution in [3.05, 3.63) is 71.6 Å². The summed E-state index contributed by atoms with van der Waals surface area (Å²) in [5.41, 5.74) is 1.22. The highest BCUT2D eigenvalue weighted by Crippen LogP contribution is 2.13. The molecule has 0 aliphatic carbocycles. The molecule has 0 saturated carbocycles. The Kier molecular flexibility index (Phi) is 3.91. The highest BCUT2D eigenvalue weighted by molar-refractivity contribution is 6.04. The first-order chi connectivity index (χ1) is 10.7. The van der Waals surface area contributed by atoms with Crippen molar-refractivity contribution >= 4 is 5.78 Å². The molecule has 0 radical (unpaired) electrons. The number of carbonyl (C=O) groups is 1. The predicted molar refractivity (Wildman–Crippen MR) is 77.5 cm³/mol. The van der Waals surface area contributed by atoms with E-state index in [1.165, 1.54) is 0 Å². The number of aryl methyl sites for hydroxylation is 1. The summed E-state index contributed by atoms with van der Waals surface area (Å²) < 4.78 is 10.7. The number of benzene rings is 1. The van der Waals surface area contributed by atoms with Gasteiger partial charge in [0.25, 0.3) is 11.7 Å². The van der Waals surface area contributed by atoms with Crippen LogP contribution in [-0.4, -0.2) is 21.0 Å². The molecule has 6 nitrogen and oxygen atoms in total. The van der Waals surface area contributed by atoms with Crippen LogP contribution in [0, 0.1) is 6.92 Å². The SMILES string of the molecule is Cc1nnc(C(=O)c2cccc(OCc3ccccc3)n2)o1. The lowest BCUT2D eigenvalue weighted by Crippen LogP contribution is -2.06. The zero-order valence-electron chi connectivity index (χ0n) is 11.9. The number of rotatable bonds is 5. The Morgan fingerprint density at radius 2 is 1.91 bits per heavy atom. The summed E-state index contributed by atoms with van der Waals surface area (Å²) in [6, 6.07) is 14.7. The van der Waals surface area contributed by atoms with Crippen molar-refractivity contribution < 1.29 is 13.9 Å². The average molecular weight is 295 g/mol. The summed E-state index contributed by atoms with van der Waals surface area (Å²) >= 11 is 0. The summed E-state index contributed by atoms with van der Waals surface area (Å²) in [6.07, 6.45) is 0. The van der Waals surface area contributed by atoms with E-state index in [0.717, 1.165) is 5.56 Å². The molecule has 0 saturated heterocycles. The van der Waals surface area contributed by atoms with Gasteiger partial charge in [-0.05, 0) is 11.6 Å². The minimum absolute atomic E-state index is 0.0785. The normalized spacial score (nSPS) is 10.4. The minimum atomic E-state index is -0.425. The van der Waals surface area contributed by atoms with Gasteiger partial charge in [0.05, 0.1) is 0 Å². The van der Waals surface area contributed by atoms with Gasteiger partial charge in [0.1, 0.15) is 12.3 Å². The highest BCUT2D eigenvalue weighted by Gasteiger charge is 2.17. The molecular formula is C16H13N3O3. The number of nitrogens with zero attached hydrogens (tertiary/aromatic N) is 3. The van der Waals surface area contributed by atoms with Gasteiger partial charge >= 0.3 is 0 Å². The lowest BCUT2D eigenvalue weighted by Gasteiger charge is -2.06. The Morgan fingerprint density at radius 1 is 1.09 bits per heavy atom. The van der Waals surface area contributed by atoms with Gasteiger partial charge < -0.3 is 9.15 Å². The Balaban J connectivity index is 1.74. The van der Waals surface area contributed by atoms with E-state index in [-0.39, 0.29) is 11.6 Å². The van der Waals surface area contributed by atoms with Gasteiger partial charge in [0.15, 0.2) is 0 Å². The molecule has 3 rings (SSSR count). The van der Waals surface area contributed by atoms with Gasteiger partial charge in [-0.15, -0.1) is 10.2 Å². The number of ether oxygens (including phenoxy) is 1. The third-order valence-corrected chi connectivity index (χ3v) is 2.91. The first-order valence-electron chi connectivity index (χ1n) is 6.71. The van der Waals surface area contributed by atoms with Crippen LogP contribution in [0.3, 0.4) is 0 Å². The summed E-state index contributed by atoms with van der Waals surface area (Å²) in [5, 5.41) is 7.33. The maximum Gasteiger partial charge on any atom is 0.290 e. The Hall–Kier alpha value is -3.02. The molecule has 0 amide bonds. The van der Waals surface area contributed by atoms with Crippen molar-refractivity contribution in [3.63, 3.8) is 0 Å². The molecule has 0 aliphatic heterocycles. The molecule has 2 aromatic heterocycles. The van der Waals surface area contributed by atoms with E-state index in [4.69, 9.17) is 9.15 Å². The van der Waals surface area contributed by atoms with Crippen molar-refractivity contribution in [1.29, 1.82) is 0 Å². The molecule has 110 valence electrons. The molecule has 0 bridgehead atoms. The average Bonchev–Trinajstić information content (AvgIpc) is 3.00. The summed E-state index contributed by atoms with van der Waals surface area (Å²) in [7, 11) is 0. The molecule has 0 unspecified atom stereocenters. The lowest BCUT2D eigenvalue weighted by atomic mass is 10.2. The van der Waals surface area contributed by atoms with Gasteiger partial charge in [0, 0.05) is 13.0 Å². The molecule has 0 fully saturated rings. The number of ketones is 1. The smallest absolute Gasteiger partial charge is 0.290 e. The number of carbonyl (C=O) groups excluding carboxylic acids is 1. The van der Waals surface area contributed by atoms with E-state index in [2.05, 4.69) is 15.2 Å². The van der Waals surface area contributed by atoms with Crippen molar-refractivity contribution in [2.24, 2.45) is 0 Å². The van der Waals surface area contributed by atoms with Crippen LogP contribution < -0.4 is 4.74 Å². The van der Waals surface area contributed by atoms with Crippen LogP contribution in [0.25, 0.3) is 0 Å². The Labute approximate surface area is 126 Å². The fourth-order valence-corrected chi connectivity index (χ4v) is 1.85. The summed E-state index contributed by atoms with van der Waals surface area (Å²) in [4.78, 5) is 16.3. The number of aromatic nitrogens is 3. The van der Waals surface area contributed by atoms with Crippen molar-refractivity contribution in [2.75, 3.05) is 0 Å². The maximum atomic E-state index is 12.2. The first kappa shape index (κ1) is 13.9. The Bertz CT molecular complexity index is 784. The van der Waals surface area contributed by atoms with Crippen LogP contribution in [0.4, 0.5) is 0 Å². The molecule has 0 spiro atoms. The summed E-state index contributed by atoms with van der Waals surface area (Å²) in [5.74, 6) is 0.196. The van der Waals surface area contributed by atoms with Gasteiger partial charge in [0.2, 0.25) is 11.8 Å². The van der Waals surface area contributed by atoms with Crippen LogP contribution >= 0.6 is 0 Å². The standard InChI is InChI=1S/C16H13N3O3/c1-11-18-19-16(22-11)15(20)13-8-5-9-14(17-13)21-10-12-6-3-2-4-7-12/h2-9H,10H2,1H3. The number of pyridine rings is 1. The summed E-state index contributed by atoms with van der Waals surface area (Å²) in [6.45, 7) is 2.00. The fourth-order valence-electron chi connectivity index (χ4n) is 1.85. The predicted octanol–water partition coefficient (Wildman–Crippen LogP) is 2.58. The van der Waals surface area contributed by atoms with Gasteiger partial charge in [-0.1, -0.05) is 36.4 Å². The number of hydrogen-bond donors (Lipinski definition) is 0. The fraction of sp³-hybridized carbons (Fsp3) is 0.125. The third kappa shape index (κ3) is 3.17. The molecule has 3 aromatic rings. The molecular weight excluding hydrogens is 282 g/mol. The topological polar surface area (TPSA) is 78.1 Å². The molecule has 0 N–H and O–H groups in total. The van der Waals surface area contributed by atoms with E-state index in [1.807, 2.05) is 30.3 Å². The largest absolute Gasteiger partial charge is 0.473 e. The van der Waals surface area contributed by atoms with Crippen LogP contribution in [0.1, 0.15) is 27.8 Å². The maximum absolute atomic E-state index is 12.2. The van der Waals surface area contributed by atoms with Crippen LogP contribution in [0.15, 0.2) is 52.9 Å².